The molecule has 0 aliphatic heterocycles. The summed E-state index contributed by atoms with van der Waals surface area (Å²) in [6, 6.07) is 12.7. The summed E-state index contributed by atoms with van der Waals surface area (Å²) < 4.78 is 11.8. The third-order valence-corrected chi connectivity index (χ3v) is 4.68. The lowest BCUT2D eigenvalue weighted by atomic mass is 10.2. The molecular weight excluding hydrogens is 384 g/mol. The van der Waals surface area contributed by atoms with Crippen LogP contribution in [0.25, 0.3) is 27.5 Å². The predicted octanol–water partition coefficient (Wildman–Crippen LogP) is 4.49. The lowest BCUT2D eigenvalue weighted by molar-refractivity contribution is -0.137. The maximum Gasteiger partial charge on any atom is 0.332 e. The van der Waals surface area contributed by atoms with Gasteiger partial charge in [0.05, 0.1) is 35.8 Å². The molecule has 0 bridgehead atoms. The Morgan fingerprint density at radius 3 is 2.77 bits per heavy atom. The number of para-hydroxylation sites is 1. The van der Waals surface area contributed by atoms with Crippen molar-refractivity contribution >= 4 is 39.1 Å². The molecule has 1 N–H and O–H groups in total. The molecule has 0 saturated carbocycles. The van der Waals surface area contributed by atoms with Crippen LogP contribution in [-0.4, -0.2) is 29.1 Å². The Labute approximate surface area is 171 Å². The highest BCUT2D eigenvalue weighted by molar-refractivity contribution is 6.02. The smallest absolute Gasteiger partial charge is 0.332 e. The summed E-state index contributed by atoms with van der Waals surface area (Å²) in [4.78, 5) is 28.1. The second-order valence-electron chi connectivity index (χ2n) is 6.63. The Morgan fingerprint density at radius 2 is 2.00 bits per heavy atom. The molecule has 0 radical (unpaired) electrons. The zero-order chi connectivity index (χ0) is 21.3. The summed E-state index contributed by atoms with van der Waals surface area (Å²) in [7, 11) is 1.57. The summed E-state index contributed by atoms with van der Waals surface area (Å²) in [6.07, 6.45) is 1.27. The number of rotatable bonds is 5. The van der Waals surface area contributed by atoms with E-state index >= 15 is 0 Å². The minimum absolute atomic E-state index is 0.158. The predicted molar refractivity (Wildman–Crippen MR) is 114 cm³/mol. The van der Waals surface area contributed by atoms with Crippen molar-refractivity contribution in [3.8, 4) is 5.75 Å². The van der Waals surface area contributed by atoms with Crippen molar-refractivity contribution in [3.63, 3.8) is 0 Å². The van der Waals surface area contributed by atoms with Crippen LogP contribution in [0.1, 0.15) is 13.8 Å². The first-order valence-electron chi connectivity index (χ1n) is 9.43. The maximum atomic E-state index is 13.2. The van der Waals surface area contributed by atoms with E-state index in [4.69, 9.17) is 9.47 Å². The maximum absolute atomic E-state index is 13.2. The van der Waals surface area contributed by atoms with Crippen LogP contribution in [0.2, 0.25) is 0 Å². The van der Waals surface area contributed by atoms with Crippen LogP contribution in [-0.2, 0) is 9.53 Å². The van der Waals surface area contributed by atoms with Crippen molar-refractivity contribution < 1.29 is 14.3 Å². The molecule has 0 unspecified atom stereocenters. The number of aromatic nitrogens is 2. The number of nitrogens with zero attached hydrogens (tertiary/aromatic N) is 3. The van der Waals surface area contributed by atoms with Crippen molar-refractivity contribution in [2.45, 2.75) is 13.8 Å². The molecule has 0 fully saturated rings. The fraction of sp³-hybridized carbons (Fsp3) is 0.182. The molecular formula is C22H20N4O4. The molecule has 8 heteroatoms. The molecule has 0 amide bonds. The Balaban J connectivity index is 1.99. The number of carbonyl (C=O) groups is 1. The van der Waals surface area contributed by atoms with Gasteiger partial charge in [0.2, 0.25) is 0 Å². The number of methoxy groups -OCH3 is 1. The number of hydrogen-bond donors (Lipinski definition) is 1. The highest BCUT2D eigenvalue weighted by Crippen LogP contribution is 2.35. The van der Waals surface area contributed by atoms with Gasteiger partial charge in [0, 0.05) is 11.5 Å². The average Bonchev–Trinajstić information content (AvgIpc) is 3.05. The summed E-state index contributed by atoms with van der Waals surface area (Å²) >= 11 is 0. The number of esters is 1. The molecule has 0 atom stereocenters. The van der Waals surface area contributed by atoms with E-state index in [2.05, 4.69) is 15.2 Å². The molecule has 2 aromatic carbocycles. The molecule has 152 valence electrons. The number of nitrogens with one attached hydrogen (secondary N) is 1. The van der Waals surface area contributed by atoms with E-state index in [1.807, 2.05) is 24.3 Å². The van der Waals surface area contributed by atoms with E-state index < -0.39 is 5.97 Å². The van der Waals surface area contributed by atoms with Crippen LogP contribution >= 0.6 is 0 Å². The van der Waals surface area contributed by atoms with Gasteiger partial charge in [-0.25, -0.2) is 4.79 Å². The normalized spacial score (nSPS) is 12.3. The first kappa shape index (κ1) is 19.4. The molecule has 4 aromatic rings. The van der Waals surface area contributed by atoms with Gasteiger partial charge < -0.3 is 14.5 Å². The number of aromatic amines is 1. The van der Waals surface area contributed by atoms with E-state index in [9.17, 15) is 9.59 Å². The van der Waals surface area contributed by atoms with Crippen molar-refractivity contribution in [1.29, 1.82) is 0 Å². The Bertz CT molecular complexity index is 1400. The number of ether oxygens (including phenoxy) is 2. The number of carbonyl (C=O) groups excluding carboxylic acids is 1. The highest BCUT2D eigenvalue weighted by atomic mass is 16.5. The zero-order valence-electron chi connectivity index (χ0n) is 16.8. The number of H-pyrrole nitrogens is 1. The van der Waals surface area contributed by atoms with Crippen LogP contribution < -0.4 is 10.3 Å². The van der Waals surface area contributed by atoms with E-state index in [0.29, 0.717) is 44.6 Å². The quantitative estimate of drug-likeness (QED) is 0.301. The first-order valence-corrected chi connectivity index (χ1v) is 9.43. The Kier molecular flexibility index (Phi) is 5.05. The number of benzene rings is 2. The van der Waals surface area contributed by atoms with Gasteiger partial charge in [-0.1, -0.05) is 12.1 Å². The fourth-order valence-electron chi connectivity index (χ4n) is 3.35. The lowest BCUT2D eigenvalue weighted by Gasteiger charge is -2.02. The van der Waals surface area contributed by atoms with Gasteiger partial charge in [-0.2, -0.15) is 5.11 Å². The molecule has 4 rings (SSSR count). The monoisotopic (exact) mass is 404 g/mol. The van der Waals surface area contributed by atoms with E-state index in [0.717, 1.165) is 0 Å². The standard InChI is InChI=1S/C22H20N4O4/c1-4-30-19(27)11-13(2)24-25-20-16-12-14(29-3)9-10-18(16)26-21(20)23-17-8-6-5-7-15(17)22(26)28/h5-12,23H,4H2,1-3H3. The fourth-order valence-corrected chi connectivity index (χ4v) is 3.35. The van der Waals surface area contributed by atoms with Crippen LogP contribution in [0.5, 0.6) is 5.75 Å². The largest absolute Gasteiger partial charge is 0.497 e. The van der Waals surface area contributed by atoms with Gasteiger partial charge in [-0.05, 0) is 44.2 Å². The summed E-state index contributed by atoms with van der Waals surface area (Å²) in [6.45, 7) is 3.67. The van der Waals surface area contributed by atoms with Crippen molar-refractivity contribution in [1.82, 2.24) is 9.38 Å². The van der Waals surface area contributed by atoms with Gasteiger partial charge >= 0.3 is 5.97 Å². The van der Waals surface area contributed by atoms with Gasteiger partial charge in [0.15, 0.2) is 0 Å². The minimum atomic E-state index is -0.485. The number of allylic oxidation sites excluding steroid dienone is 1. The molecule has 30 heavy (non-hydrogen) atoms. The molecule has 0 aliphatic carbocycles. The second kappa shape index (κ2) is 7.82. The molecule has 2 aromatic heterocycles. The third kappa shape index (κ3) is 3.32. The van der Waals surface area contributed by atoms with E-state index in [-0.39, 0.29) is 12.2 Å². The minimum Gasteiger partial charge on any atom is -0.497 e. The number of hydrogen-bond acceptors (Lipinski definition) is 6. The van der Waals surface area contributed by atoms with Gasteiger partial charge in [-0.15, -0.1) is 5.11 Å². The number of fused-ring (bicyclic) bond motifs is 4. The number of azo groups is 1. The van der Waals surface area contributed by atoms with Gasteiger partial charge in [0.1, 0.15) is 17.1 Å². The molecule has 0 spiro atoms. The van der Waals surface area contributed by atoms with Crippen LogP contribution in [0.3, 0.4) is 0 Å². The SMILES string of the molecule is CCOC(=O)C=C(C)N=Nc1c2cc(OC)ccc2n2c(=O)c3ccccc3[nH]c12. The van der Waals surface area contributed by atoms with Gasteiger partial charge in [-0.3, -0.25) is 9.20 Å². The topological polar surface area (TPSA) is 97.5 Å². The second-order valence-corrected chi connectivity index (χ2v) is 6.63. The van der Waals surface area contributed by atoms with Crippen LogP contribution in [0.4, 0.5) is 5.69 Å². The van der Waals surface area contributed by atoms with Crippen molar-refractivity contribution in [3.05, 3.63) is 64.6 Å². The summed E-state index contributed by atoms with van der Waals surface area (Å²) in [5.74, 6) is 0.146. The lowest BCUT2D eigenvalue weighted by Crippen LogP contribution is -2.13. The highest BCUT2D eigenvalue weighted by Gasteiger charge is 2.17. The summed E-state index contributed by atoms with van der Waals surface area (Å²) in [5.41, 5.74) is 2.58. The summed E-state index contributed by atoms with van der Waals surface area (Å²) in [5, 5.41) is 9.79. The van der Waals surface area contributed by atoms with Crippen molar-refractivity contribution in [2.75, 3.05) is 13.7 Å². The molecule has 8 nitrogen and oxygen atoms in total. The van der Waals surface area contributed by atoms with Crippen LogP contribution in [0, 0.1) is 0 Å². The molecule has 0 aliphatic rings. The van der Waals surface area contributed by atoms with Gasteiger partial charge in [0.25, 0.3) is 5.56 Å². The molecule has 0 saturated heterocycles. The molecule has 2 heterocycles. The Hall–Kier alpha value is -3.94. The van der Waals surface area contributed by atoms with Crippen molar-refractivity contribution in [2.24, 2.45) is 10.2 Å². The Morgan fingerprint density at radius 1 is 1.20 bits per heavy atom. The third-order valence-electron chi connectivity index (χ3n) is 4.68. The zero-order valence-corrected chi connectivity index (χ0v) is 16.8. The average molecular weight is 404 g/mol. The van der Waals surface area contributed by atoms with E-state index in [1.165, 1.54) is 6.08 Å². The first-order chi connectivity index (χ1) is 14.5. The van der Waals surface area contributed by atoms with E-state index in [1.54, 1.807) is 43.6 Å². The van der Waals surface area contributed by atoms with Crippen LogP contribution in [0.15, 0.2) is 69.3 Å².